The summed E-state index contributed by atoms with van der Waals surface area (Å²) in [5.41, 5.74) is 4.70. The van der Waals surface area contributed by atoms with E-state index < -0.39 is 0 Å². The van der Waals surface area contributed by atoms with Gasteiger partial charge in [-0.1, -0.05) is 42.5 Å². The largest absolute Gasteiger partial charge is 0.340 e. The fraction of sp³-hybridized carbons (Fsp3) is 0.100. The fourth-order valence-electron chi connectivity index (χ4n) is 2.79. The van der Waals surface area contributed by atoms with E-state index in [1.165, 1.54) is 21.6 Å². The summed E-state index contributed by atoms with van der Waals surface area (Å²) in [6.07, 6.45) is 1.62. The van der Waals surface area contributed by atoms with E-state index in [4.69, 9.17) is 0 Å². The molecule has 1 N–H and O–H groups in total. The number of aromatic nitrogens is 2. The first-order valence-corrected chi connectivity index (χ1v) is 8.67. The molecule has 0 saturated carbocycles. The number of hydrogen-bond donors (Lipinski definition) is 1. The quantitative estimate of drug-likeness (QED) is 0.522. The first-order valence-electron chi connectivity index (χ1n) is 7.85. The number of nitrogens with zero attached hydrogens (tertiary/aromatic N) is 2. The van der Waals surface area contributed by atoms with Gasteiger partial charge in [-0.25, -0.2) is 9.97 Å². The van der Waals surface area contributed by atoms with Gasteiger partial charge in [-0.05, 0) is 42.7 Å². The molecule has 24 heavy (non-hydrogen) atoms. The van der Waals surface area contributed by atoms with Crippen LogP contribution in [0.25, 0.3) is 21.3 Å². The third kappa shape index (κ3) is 2.65. The Morgan fingerprint density at radius 3 is 2.29 bits per heavy atom. The second-order valence-corrected chi connectivity index (χ2v) is 6.96. The summed E-state index contributed by atoms with van der Waals surface area (Å²) < 4.78 is 0. The molecular formula is C20H17N3S. The lowest BCUT2D eigenvalue weighted by Gasteiger charge is -2.08. The standard InChI is InChI=1S/C20H17N3S/c1-13-14(2)24-20-18(13)19(21-12-22-20)23-17-10-8-16(9-11-17)15-6-4-3-5-7-15/h3-12H,1-2H3,(H,21,22,23). The molecule has 2 aromatic carbocycles. The Bertz CT molecular complexity index is 989. The zero-order valence-electron chi connectivity index (χ0n) is 13.6. The normalized spacial score (nSPS) is 10.9. The molecule has 118 valence electrons. The Balaban J connectivity index is 1.67. The Hall–Kier alpha value is -2.72. The lowest BCUT2D eigenvalue weighted by Crippen LogP contribution is -1.95. The summed E-state index contributed by atoms with van der Waals surface area (Å²) in [6, 6.07) is 18.8. The van der Waals surface area contributed by atoms with Crippen LogP contribution in [0.3, 0.4) is 0 Å². The van der Waals surface area contributed by atoms with Crippen molar-refractivity contribution in [3.05, 3.63) is 71.4 Å². The molecule has 4 heteroatoms. The summed E-state index contributed by atoms with van der Waals surface area (Å²) >= 11 is 1.71. The second kappa shape index (κ2) is 6.06. The van der Waals surface area contributed by atoms with Crippen LogP contribution in [0.2, 0.25) is 0 Å². The van der Waals surface area contributed by atoms with Crippen molar-refractivity contribution in [2.24, 2.45) is 0 Å². The van der Waals surface area contributed by atoms with Gasteiger partial charge in [-0.2, -0.15) is 0 Å². The van der Waals surface area contributed by atoms with Crippen molar-refractivity contribution in [3.8, 4) is 11.1 Å². The summed E-state index contributed by atoms with van der Waals surface area (Å²) in [5.74, 6) is 0.870. The molecule has 0 radical (unpaired) electrons. The van der Waals surface area contributed by atoms with E-state index in [0.29, 0.717) is 0 Å². The Morgan fingerprint density at radius 1 is 0.833 bits per heavy atom. The van der Waals surface area contributed by atoms with E-state index >= 15 is 0 Å². The van der Waals surface area contributed by atoms with Gasteiger partial charge in [-0.3, -0.25) is 0 Å². The van der Waals surface area contributed by atoms with Crippen LogP contribution >= 0.6 is 11.3 Å². The molecule has 0 amide bonds. The van der Waals surface area contributed by atoms with E-state index in [1.54, 1.807) is 17.7 Å². The van der Waals surface area contributed by atoms with Crippen LogP contribution in [0.1, 0.15) is 10.4 Å². The average molecular weight is 331 g/mol. The van der Waals surface area contributed by atoms with Gasteiger partial charge < -0.3 is 5.32 Å². The molecule has 2 heterocycles. The van der Waals surface area contributed by atoms with E-state index in [9.17, 15) is 0 Å². The van der Waals surface area contributed by atoms with Crippen molar-refractivity contribution in [1.29, 1.82) is 0 Å². The van der Waals surface area contributed by atoms with Crippen LogP contribution in [-0.2, 0) is 0 Å². The molecule has 3 nitrogen and oxygen atoms in total. The van der Waals surface area contributed by atoms with Crippen molar-refractivity contribution in [3.63, 3.8) is 0 Å². The molecule has 0 atom stereocenters. The lowest BCUT2D eigenvalue weighted by atomic mass is 10.1. The minimum atomic E-state index is 0.870. The maximum absolute atomic E-state index is 4.44. The number of anilines is 2. The summed E-state index contributed by atoms with van der Waals surface area (Å²) in [5, 5.41) is 4.55. The predicted molar refractivity (Wildman–Crippen MR) is 102 cm³/mol. The van der Waals surface area contributed by atoms with Gasteiger partial charge in [0.15, 0.2) is 0 Å². The number of hydrogen-bond acceptors (Lipinski definition) is 4. The highest BCUT2D eigenvalue weighted by atomic mass is 32.1. The Morgan fingerprint density at radius 2 is 1.54 bits per heavy atom. The number of rotatable bonds is 3. The number of thiophene rings is 1. The number of aryl methyl sites for hydroxylation is 2. The molecule has 0 unspecified atom stereocenters. The van der Waals surface area contributed by atoms with Crippen LogP contribution in [0.15, 0.2) is 60.9 Å². The molecule has 0 aliphatic heterocycles. The van der Waals surface area contributed by atoms with Crippen molar-refractivity contribution >= 4 is 33.1 Å². The average Bonchev–Trinajstić information content (AvgIpc) is 2.92. The SMILES string of the molecule is Cc1sc2ncnc(Nc3ccc(-c4ccccc4)cc3)c2c1C. The summed E-state index contributed by atoms with van der Waals surface area (Å²) in [4.78, 5) is 11.1. The van der Waals surface area contributed by atoms with Gasteiger partial charge >= 0.3 is 0 Å². The van der Waals surface area contributed by atoms with Gasteiger partial charge in [0.2, 0.25) is 0 Å². The van der Waals surface area contributed by atoms with E-state index in [1.807, 2.05) is 6.07 Å². The van der Waals surface area contributed by atoms with Gasteiger partial charge in [-0.15, -0.1) is 11.3 Å². The predicted octanol–water partition coefficient (Wildman–Crippen LogP) is 5.72. The molecule has 0 bridgehead atoms. The van der Waals surface area contributed by atoms with Gasteiger partial charge in [0.05, 0.1) is 5.39 Å². The van der Waals surface area contributed by atoms with Crippen LogP contribution in [0, 0.1) is 13.8 Å². The van der Waals surface area contributed by atoms with E-state index in [-0.39, 0.29) is 0 Å². The molecule has 0 aliphatic carbocycles. The zero-order chi connectivity index (χ0) is 16.5. The van der Waals surface area contributed by atoms with Crippen LogP contribution in [0.5, 0.6) is 0 Å². The highest BCUT2D eigenvalue weighted by Gasteiger charge is 2.12. The Kier molecular flexibility index (Phi) is 3.75. The number of fused-ring (bicyclic) bond motifs is 1. The van der Waals surface area contributed by atoms with Crippen molar-refractivity contribution in [2.45, 2.75) is 13.8 Å². The van der Waals surface area contributed by atoms with E-state index in [2.05, 4.69) is 77.7 Å². The van der Waals surface area contributed by atoms with E-state index in [0.717, 1.165) is 21.7 Å². The molecule has 0 fully saturated rings. The van der Waals surface area contributed by atoms with Crippen LogP contribution < -0.4 is 5.32 Å². The maximum atomic E-state index is 4.44. The topological polar surface area (TPSA) is 37.8 Å². The fourth-order valence-corrected chi connectivity index (χ4v) is 3.79. The van der Waals surface area contributed by atoms with Crippen molar-refractivity contribution in [2.75, 3.05) is 5.32 Å². The molecule has 4 aromatic rings. The maximum Gasteiger partial charge on any atom is 0.142 e. The smallest absolute Gasteiger partial charge is 0.142 e. The lowest BCUT2D eigenvalue weighted by molar-refractivity contribution is 1.22. The van der Waals surface area contributed by atoms with Crippen molar-refractivity contribution in [1.82, 2.24) is 9.97 Å². The molecule has 0 spiro atoms. The molecule has 4 rings (SSSR count). The van der Waals surface area contributed by atoms with Crippen LogP contribution in [-0.4, -0.2) is 9.97 Å². The first-order chi connectivity index (χ1) is 11.7. The molecule has 0 aliphatic rings. The minimum Gasteiger partial charge on any atom is -0.340 e. The molecule has 2 aromatic heterocycles. The van der Waals surface area contributed by atoms with Crippen molar-refractivity contribution < 1.29 is 0 Å². The van der Waals surface area contributed by atoms with Gasteiger partial charge in [0.1, 0.15) is 17.0 Å². The monoisotopic (exact) mass is 331 g/mol. The minimum absolute atomic E-state index is 0.870. The molecular weight excluding hydrogens is 314 g/mol. The van der Waals surface area contributed by atoms with Gasteiger partial charge in [0, 0.05) is 10.6 Å². The number of benzene rings is 2. The molecule has 0 saturated heterocycles. The zero-order valence-corrected chi connectivity index (χ0v) is 14.4. The third-order valence-corrected chi connectivity index (χ3v) is 5.34. The third-order valence-electron chi connectivity index (χ3n) is 4.22. The first kappa shape index (κ1) is 14.8. The van der Waals surface area contributed by atoms with Crippen LogP contribution in [0.4, 0.5) is 11.5 Å². The Labute approximate surface area is 145 Å². The number of nitrogens with one attached hydrogen (secondary N) is 1. The highest BCUT2D eigenvalue weighted by molar-refractivity contribution is 7.18. The second-order valence-electron chi connectivity index (χ2n) is 5.75. The van der Waals surface area contributed by atoms with Gasteiger partial charge in [0.25, 0.3) is 0 Å². The summed E-state index contributed by atoms with van der Waals surface area (Å²) in [6.45, 7) is 4.25. The summed E-state index contributed by atoms with van der Waals surface area (Å²) in [7, 11) is 0. The highest BCUT2D eigenvalue weighted by Crippen LogP contribution is 2.34.